The van der Waals surface area contributed by atoms with Crippen LogP contribution in [0.4, 0.5) is 0 Å². The zero-order chi connectivity index (χ0) is 35.4. The Morgan fingerprint density at radius 1 is 0.750 bits per heavy atom. The summed E-state index contributed by atoms with van der Waals surface area (Å²) in [5.74, 6) is 0.747. The Hall–Kier alpha value is -4.26. The van der Waals surface area contributed by atoms with E-state index in [1.165, 1.54) is 0 Å². The van der Waals surface area contributed by atoms with E-state index in [9.17, 15) is 19.2 Å². The van der Waals surface area contributed by atoms with Crippen molar-refractivity contribution in [3.05, 3.63) is 82.4 Å². The van der Waals surface area contributed by atoms with Gasteiger partial charge in [0.15, 0.2) is 5.78 Å². The predicted octanol–water partition coefficient (Wildman–Crippen LogP) is 9.19. The highest BCUT2D eigenvalue weighted by atomic mass is 16.5. The van der Waals surface area contributed by atoms with Crippen molar-refractivity contribution in [2.24, 2.45) is 21.7 Å². The van der Waals surface area contributed by atoms with Gasteiger partial charge >= 0.3 is 11.9 Å². The molecule has 3 aromatic rings. The van der Waals surface area contributed by atoms with Gasteiger partial charge in [-0.3, -0.25) is 14.4 Å². The molecule has 7 nitrogen and oxygen atoms in total. The first-order chi connectivity index (χ1) is 22.2. The number of hydrogen-bond donors (Lipinski definition) is 0. The third kappa shape index (κ3) is 6.56. The number of benzene rings is 3. The van der Waals surface area contributed by atoms with E-state index in [0.29, 0.717) is 35.7 Å². The average Bonchev–Trinajstić information content (AvgIpc) is 3.26. The Kier molecular flexibility index (Phi) is 8.77. The summed E-state index contributed by atoms with van der Waals surface area (Å²) < 4.78 is 18.3. The van der Waals surface area contributed by atoms with Gasteiger partial charge in [0.1, 0.15) is 29.3 Å². The molecule has 0 saturated carbocycles. The van der Waals surface area contributed by atoms with Crippen LogP contribution < -0.4 is 14.2 Å². The van der Waals surface area contributed by atoms with Crippen molar-refractivity contribution in [3.63, 3.8) is 0 Å². The van der Waals surface area contributed by atoms with Crippen LogP contribution in [0.2, 0.25) is 0 Å². The van der Waals surface area contributed by atoms with Crippen LogP contribution in [-0.2, 0) is 26.2 Å². The molecule has 2 aliphatic rings. The first-order valence-corrected chi connectivity index (χ1v) is 16.8. The van der Waals surface area contributed by atoms with E-state index in [2.05, 4.69) is 33.8 Å². The van der Waals surface area contributed by atoms with Crippen molar-refractivity contribution in [2.75, 3.05) is 0 Å². The standard InChI is InChI=1S/C41H48O7/c1-11-25-12-15-29-28(18-25)32(43)21-41(29)30-16-13-26(46-35(44)39(7,8)22-37(2,3)4)19-33(30)48-34-20-27(14-17-31(34)41)47-36(45)40(9,10)23-38(5,6)24-42/h12-20,24H,11,21-23H2,1-10H3. The van der Waals surface area contributed by atoms with Crippen LogP contribution in [0.3, 0.4) is 0 Å². The number of ketones is 1. The molecule has 1 atom stereocenters. The van der Waals surface area contributed by atoms with Gasteiger partial charge in [-0.25, -0.2) is 0 Å². The Morgan fingerprint density at radius 3 is 1.73 bits per heavy atom. The second kappa shape index (κ2) is 12.0. The summed E-state index contributed by atoms with van der Waals surface area (Å²) in [4.78, 5) is 52.0. The predicted molar refractivity (Wildman–Crippen MR) is 185 cm³/mol. The van der Waals surface area contributed by atoms with Crippen LogP contribution in [0.1, 0.15) is 121 Å². The van der Waals surface area contributed by atoms with E-state index < -0.39 is 27.6 Å². The topological polar surface area (TPSA) is 96.0 Å². The van der Waals surface area contributed by atoms with Crippen molar-refractivity contribution in [2.45, 2.75) is 100 Å². The third-order valence-electron chi connectivity index (χ3n) is 9.44. The van der Waals surface area contributed by atoms with E-state index in [1.807, 2.05) is 38.1 Å². The average molecular weight is 653 g/mol. The van der Waals surface area contributed by atoms with Crippen molar-refractivity contribution < 1.29 is 33.4 Å². The SMILES string of the molecule is CCc1ccc2c(c1)C(=O)CC21c2ccc(OC(=O)C(C)(C)CC(C)(C)C)cc2Oc2cc(OC(=O)C(C)(C)CC(C)(C)C=O)ccc21. The van der Waals surface area contributed by atoms with E-state index in [1.54, 1.807) is 52.0 Å². The first kappa shape index (κ1) is 35.1. The molecule has 0 amide bonds. The lowest BCUT2D eigenvalue weighted by Gasteiger charge is -2.38. The third-order valence-corrected chi connectivity index (χ3v) is 9.44. The largest absolute Gasteiger partial charge is 0.456 e. The summed E-state index contributed by atoms with van der Waals surface area (Å²) in [7, 11) is 0. The number of aldehydes is 1. The number of rotatable bonds is 9. The Labute approximate surface area is 284 Å². The molecule has 1 heterocycles. The van der Waals surface area contributed by atoms with Gasteiger partial charge in [0.05, 0.1) is 16.2 Å². The molecule has 1 aliphatic heterocycles. The van der Waals surface area contributed by atoms with Gasteiger partial charge in [-0.2, -0.15) is 0 Å². The summed E-state index contributed by atoms with van der Waals surface area (Å²) in [6.07, 6.45) is 2.81. The number of esters is 2. The van der Waals surface area contributed by atoms with Crippen LogP contribution in [-0.4, -0.2) is 24.0 Å². The van der Waals surface area contributed by atoms with Crippen molar-refractivity contribution >= 4 is 24.0 Å². The van der Waals surface area contributed by atoms with Gasteiger partial charge in [-0.05, 0) is 81.7 Å². The second-order valence-corrected chi connectivity index (χ2v) is 16.7. The lowest BCUT2D eigenvalue weighted by Crippen LogP contribution is -2.34. The lowest BCUT2D eigenvalue weighted by molar-refractivity contribution is -0.146. The Balaban J connectivity index is 1.58. The number of Topliss-reactive ketones (excluding diaryl/α,β-unsaturated/α-hetero) is 1. The molecule has 0 N–H and O–H groups in total. The number of aryl methyl sites for hydroxylation is 1. The van der Waals surface area contributed by atoms with Gasteiger partial charge in [-0.1, -0.05) is 65.8 Å². The van der Waals surface area contributed by atoms with Crippen molar-refractivity contribution in [1.29, 1.82) is 0 Å². The minimum atomic E-state index is -0.928. The van der Waals surface area contributed by atoms with E-state index in [0.717, 1.165) is 35.0 Å². The summed E-state index contributed by atoms with van der Waals surface area (Å²) in [5, 5.41) is 0. The zero-order valence-corrected chi connectivity index (χ0v) is 30.0. The smallest absolute Gasteiger partial charge is 0.316 e. The Bertz CT molecular complexity index is 1800. The molecule has 0 fully saturated rings. The summed E-state index contributed by atoms with van der Waals surface area (Å²) >= 11 is 0. The van der Waals surface area contributed by atoms with Gasteiger partial charge in [0, 0.05) is 40.7 Å². The highest BCUT2D eigenvalue weighted by Gasteiger charge is 2.51. The molecular weight excluding hydrogens is 604 g/mol. The molecule has 254 valence electrons. The number of carbonyl (C=O) groups excluding carboxylic acids is 4. The molecule has 0 radical (unpaired) electrons. The molecule has 3 aromatic carbocycles. The van der Waals surface area contributed by atoms with Crippen molar-refractivity contribution in [1.82, 2.24) is 0 Å². The lowest BCUT2D eigenvalue weighted by atomic mass is 9.68. The molecule has 7 heteroatoms. The van der Waals surface area contributed by atoms with Crippen molar-refractivity contribution in [3.8, 4) is 23.0 Å². The van der Waals surface area contributed by atoms with Gasteiger partial charge in [0.2, 0.25) is 0 Å². The maximum absolute atomic E-state index is 13.7. The van der Waals surface area contributed by atoms with E-state index >= 15 is 0 Å². The fourth-order valence-electron chi connectivity index (χ4n) is 7.74. The minimum absolute atomic E-state index is 0.0357. The van der Waals surface area contributed by atoms with Crippen LogP contribution in [0, 0.1) is 21.7 Å². The molecule has 5 rings (SSSR count). The molecular formula is C41H48O7. The van der Waals surface area contributed by atoms with E-state index in [-0.39, 0.29) is 29.3 Å². The minimum Gasteiger partial charge on any atom is -0.456 e. The number of ether oxygens (including phenoxy) is 3. The fraction of sp³-hybridized carbons (Fsp3) is 0.463. The highest BCUT2D eigenvalue weighted by Crippen LogP contribution is 2.58. The second-order valence-electron chi connectivity index (χ2n) is 16.7. The molecule has 1 aliphatic carbocycles. The molecule has 1 unspecified atom stereocenters. The zero-order valence-electron chi connectivity index (χ0n) is 30.0. The van der Waals surface area contributed by atoms with E-state index in [4.69, 9.17) is 14.2 Å². The van der Waals surface area contributed by atoms with Crippen LogP contribution in [0.5, 0.6) is 23.0 Å². The highest BCUT2D eigenvalue weighted by molar-refractivity contribution is 6.04. The maximum Gasteiger partial charge on any atom is 0.316 e. The monoisotopic (exact) mass is 652 g/mol. The Morgan fingerprint density at radius 2 is 1.25 bits per heavy atom. The van der Waals surface area contributed by atoms with Gasteiger partial charge in [-0.15, -0.1) is 0 Å². The molecule has 0 aromatic heterocycles. The summed E-state index contributed by atoms with van der Waals surface area (Å²) in [5.41, 5.74) is 0.952. The fourth-order valence-corrected chi connectivity index (χ4v) is 7.74. The van der Waals surface area contributed by atoms with Gasteiger partial charge < -0.3 is 19.0 Å². The molecule has 0 saturated heterocycles. The first-order valence-electron chi connectivity index (χ1n) is 16.8. The summed E-state index contributed by atoms with van der Waals surface area (Å²) in [6, 6.07) is 16.7. The van der Waals surface area contributed by atoms with Crippen LogP contribution in [0.15, 0.2) is 54.6 Å². The molecule has 0 bridgehead atoms. The van der Waals surface area contributed by atoms with Gasteiger partial charge in [0.25, 0.3) is 0 Å². The number of fused-ring (bicyclic) bond motifs is 6. The quantitative estimate of drug-likeness (QED) is 0.129. The molecule has 1 spiro atoms. The number of carbonyl (C=O) groups is 4. The van der Waals surface area contributed by atoms with Crippen LogP contribution >= 0.6 is 0 Å². The van der Waals surface area contributed by atoms with Crippen LogP contribution in [0.25, 0.3) is 0 Å². The molecule has 48 heavy (non-hydrogen) atoms. The summed E-state index contributed by atoms with van der Waals surface area (Å²) in [6.45, 7) is 19.2. The normalized spacial score (nSPS) is 17.2. The maximum atomic E-state index is 13.7. The number of hydrogen-bond acceptors (Lipinski definition) is 7.